The zero-order chi connectivity index (χ0) is 46.8. The number of ether oxygens (including phenoxy) is 6. The van der Waals surface area contributed by atoms with E-state index in [4.69, 9.17) is 28.4 Å². The number of aliphatic hydroxyl groups is 11. The average molecular weight is 915 g/mol. The second kappa shape index (κ2) is 17.5. The van der Waals surface area contributed by atoms with Crippen LogP contribution in [0.4, 0.5) is 0 Å². The molecule has 0 radical (unpaired) electrons. The summed E-state index contributed by atoms with van der Waals surface area (Å²) in [6.45, 7) is 16.1. The molecule has 17 heteroatoms. The Kier molecular flexibility index (Phi) is 13.5. The number of aliphatic hydroxyl groups excluding tert-OH is 11. The van der Waals surface area contributed by atoms with Crippen LogP contribution in [-0.4, -0.2) is 180 Å². The van der Waals surface area contributed by atoms with E-state index in [-0.39, 0.29) is 41.1 Å². The number of hydrogen-bond donors (Lipinski definition) is 11. The van der Waals surface area contributed by atoms with E-state index in [1.807, 2.05) is 0 Å². The van der Waals surface area contributed by atoms with E-state index in [1.54, 1.807) is 6.92 Å². The maximum Gasteiger partial charge on any atom is 0.187 e. The Hall–Kier alpha value is -0.940. The number of allylic oxidation sites excluding steroid dienone is 1. The van der Waals surface area contributed by atoms with Gasteiger partial charge in [-0.05, 0) is 97.2 Å². The monoisotopic (exact) mass is 915 g/mol. The SMILES string of the molecule is C[C@H]1[C@H](C)CC[C@]2(CO)[C@H](O)C[C@]3(C)C(=C[C@@H](O)[C@@H]4[C@@]5(C)CC[C@H](O[C@@H]6O[C@H](C)[C@H](O)[C@H](O)[C@H]6O[C@@H]6O[C@H](CO)[C@@H](O)[C@H](O)[C@H]6O[C@@H]6OC[C@@H](O)[C@H](O)[C@H]6O)C(C)(C)[C@@H]5CC[C@]43C)[C@H]12. The summed E-state index contributed by atoms with van der Waals surface area (Å²) in [5.41, 5.74) is -1.16. The molecular formula is C47H78O17. The minimum Gasteiger partial charge on any atom is -0.396 e. The number of rotatable bonds is 8. The van der Waals surface area contributed by atoms with Crippen LogP contribution in [-0.2, 0) is 28.4 Å². The molecule has 0 aromatic rings. The summed E-state index contributed by atoms with van der Waals surface area (Å²) in [6.07, 6.45) is -16.3. The molecule has 17 nitrogen and oxygen atoms in total. The third kappa shape index (κ3) is 7.35. The van der Waals surface area contributed by atoms with Gasteiger partial charge in [-0.2, -0.15) is 0 Å². The van der Waals surface area contributed by atoms with Gasteiger partial charge in [0.1, 0.15) is 61.0 Å². The molecule has 7 fully saturated rings. The first-order valence-electron chi connectivity index (χ1n) is 23.9. The summed E-state index contributed by atoms with van der Waals surface area (Å²) in [7, 11) is 0. The van der Waals surface area contributed by atoms with E-state index < -0.39 is 134 Å². The molecule has 11 N–H and O–H groups in total. The van der Waals surface area contributed by atoms with Gasteiger partial charge in [-0.15, -0.1) is 0 Å². The zero-order valence-corrected chi connectivity index (χ0v) is 38.7. The molecule has 368 valence electrons. The van der Waals surface area contributed by atoms with Crippen molar-refractivity contribution in [1.29, 1.82) is 0 Å². The number of hydrogen-bond acceptors (Lipinski definition) is 17. The largest absolute Gasteiger partial charge is 0.396 e. The molecule has 0 bridgehead atoms. The molecule has 0 amide bonds. The third-order valence-corrected chi connectivity index (χ3v) is 19.4. The van der Waals surface area contributed by atoms with Crippen LogP contribution >= 0.6 is 0 Å². The van der Waals surface area contributed by atoms with E-state index >= 15 is 0 Å². The summed E-state index contributed by atoms with van der Waals surface area (Å²) < 4.78 is 36.6. The van der Waals surface area contributed by atoms with Crippen molar-refractivity contribution >= 4 is 0 Å². The van der Waals surface area contributed by atoms with Crippen molar-refractivity contribution in [2.75, 3.05) is 19.8 Å². The van der Waals surface area contributed by atoms with Gasteiger partial charge < -0.3 is 84.6 Å². The maximum atomic E-state index is 12.6. The molecular weight excluding hydrogens is 836 g/mol. The van der Waals surface area contributed by atoms with Gasteiger partial charge >= 0.3 is 0 Å². The molecule has 8 aliphatic rings. The van der Waals surface area contributed by atoms with Crippen molar-refractivity contribution in [2.24, 2.45) is 56.7 Å². The Labute approximate surface area is 376 Å². The van der Waals surface area contributed by atoms with E-state index in [0.29, 0.717) is 25.2 Å². The minimum absolute atomic E-state index is 0.0387. The third-order valence-electron chi connectivity index (χ3n) is 19.4. The lowest BCUT2D eigenvalue weighted by atomic mass is 9.32. The highest BCUT2D eigenvalue weighted by Crippen LogP contribution is 2.76. The first-order chi connectivity index (χ1) is 29.9. The van der Waals surface area contributed by atoms with Gasteiger partial charge in [0.2, 0.25) is 0 Å². The molecule has 0 aromatic heterocycles. The molecule has 5 aliphatic carbocycles. The minimum atomic E-state index is -1.81. The fourth-order valence-corrected chi connectivity index (χ4v) is 15.2. The van der Waals surface area contributed by atoms with Gasteiger partial charge in [0.05, 0.1) is 44.2 Å². The van der Waals surface area contributed by atoms with Crippen LogP contribution in [0.2, 0.25) is 0 Å². The smallest absolute Gasteiger partial charge is 0.187 e. The molecule has 0 aromatic carbocycles. The second-order valence-electron chi connectivity index (χ2n) is 22.7. The van der Waals surface area contributed by atoms with Gasteiger partial charge in [0, 0.05) is 11.3 Å². The summed E-state index contributed by atoms with van der Waals surface area (Å²) in [6, 6.07) is 0. The van der Waals surface area contributed by atoms with E-state index in [2.05, 4.69) is 54.5 Å². The lowest BCUT2D eigenvalue weighted by Gasteiger charge is -2.73. The summed E-state index contributed by atoms with van der Waals surface area (Å²) in [5.74, 6) is 0.471. The highest BCUT2D eigenvalue weighted by Gasteiger charge is 2.72. The van der Waals surface area contributed by atoms with E-state index in [0.717, 1.165) is 25.7 Å². The molecule has 26 atom stereocenters. The van der Waals surface area contributed by atoms with Crippen LogP contribution in [0.15, 0.2) is 11.6 Å². The molecule has 0 spiro atoms. The van der Waals surface area contributed by atoms with Crippen LogP contribution < -0.4 is 0 Å². The van der Waals surface area contributed by atoms with Crippen LogP contribution in [0.1, 0.15) is 100 Å². The first-order valence-corrected chi connectivity index (χ1v) is 23.9. The summed E-state index contributed by atoms with van der Waals surface area (Å²) in [5, 5.41) is 122. The van der Waals surface area contributed by atoms with Gasteiger partial charge in [0.15, 0.2) is 18.9 Å². The summed E-state index contributed by atoms with van der Waals surface area (Å²) in [4.78, 5) is 0. The molecule has 4 saturated carbocycles. The van der Waals surface area contributed by atoms with Gasteiger partial charge in [-0.3, -0.25) is 0 Å². The Morgan fingerprint density at radius 1 is 0.688 bits per heavy atom. The normalized spacial score (nSPS) is 57.4. The molecule has 0 unspecified atom stereocenters. The molecule has 3 saturated heterocycles. The van der Waals surface area contributed by atoms with Crippen LogP contribution in [0.3, 0.4) is 0 Å². The van der Waals surface area contributed by atoms with E-state index in [1.165, 1.54) is 5.57 Å². The van der Waals surface area contributed by atoms with Crippen molar-refractivity contribution in [3.8, 4) is 0 Å². The average Bonchev–Trinajstić information content (AvgIpc) is 3.23. The van der Waals surface area contributed by atoms with Gasteiger partial charge in [0.25, 0.3) is 0 Å². The Morgan fingerprint density at radius 2 is 1.33 bits per heavy atom. The van der Waals surface area contributed by atoms with Crippen molar-refractivity contribution in [1.82, 2.24) is 0 Å². The van der Waals surface area contributed by atoms with Crippen molar-refractivity contribution in [2.45, 2.75) is 205 Å². The maximum absolute atomic E-state index is 12.6. The molecule has 64 heavy (non-hydrogen) atoms. The number of fused-ring (bicyclic) bond motifs is 7. The standard InChI is InChI=1S/C47H78O17/c1-20-9-14-47(19-49)28(52)16-46(8)23(30(47)21(20)2)15-24(50)39-44(6)12-11-29(43(4,5)27(44)10-13-45(39,46)7)62-41-37(34(56)31(53)22(3)60-41)64-42-38(35(57)33(55)26(17-48)61-42)63-40-36(58)32(54)25(51)18-59-40/h15,20-22,24-42,48-58H,9-14,16-19H2,1-8H3/t20-,21+,22-,24-,25-,26-,27+,28-,29+,30+,31+,32+,33-,34+,35+,36-,37-,38-,39-,40+,41+,42+,44+,45-,46-,47+/m1/s1. The van der Waals surface area contributed by atoms with Crippen LogP contribution in [0, 0.1) is 56.7 Å². The molecule has 3 heterocycles. The molecule has 8 rings (SSSR count). The predicted molar refractivity (Wildman–Crippen MR) is 225 cm³/mol. The fraction of sp³-hybridized carbons (Fsp3) is 0.957. The highest BCUT2D eigenvalue weighted by molar-refractivity contribution is 5.37. The van der Waals surface area contributed by atoms with Gasteiger partial charge in [-0.25, -0.2) is 0 Å². The fourth-order valence-electron chi connectivity index (χ4n) is 15.2. The topological polar surface area (TPSA) is 278 Å². The van der Waals surface area contributed by atoms with Crippen LogP contribution in [0.5, 0.6) is 0 Å². The quantitative estimate of drug-likeness (QED) is 0.114. The second-order valence-corrected chi connectivity index (χ2v) is 22.7. The first kappa shape index (κ1) is 49.5. The molecule has 3 aliphatic heterocycles. The Bertz CT molecular complexity index is 1700. The Balaban J connectivity index is 1.06. The lowest BCUT2D eigenvalue weighted by Crippen LogP contribution is -2.70. The van der Waals surface area contributed by atoms with Gasteiger partial charge in [-0.1, -0.05) is 60.1 Å². The lowest BCUT2D eigenvalue weighted by molar-refractivity contribution is -0.393. The van der Waals surface area contributed by atoms with Crippen molar-refractivity contribution in [3.63, 3.8) is 0 Å². The van der Waals surface area contributed by atoms with Crippen molar-refractivity contribution < 1.29 is 84.6 Å². The zero-order valence-electron chi connectivity index (χ0n) is 38.7. The Morgan fingerprint density at radius 3 is 1.98 bits per heavy atom. The highest BCUT2D eigenvalue weighted by atomic mass is 16.8. The van der Waals surface area contributed by atoms with Crippen molar-refractivity contribution in [3.05, 3.63) is 11.6 Å². The van der Waals surface area contributed by atoms with Crippen LogP contribution in [0.25, 0.3) is 0 Å². The predicted octanol–water partition coefficient (Wildman–Crippen LogP) is 0.0781. The van der Waals surface area contributed by atoms with E-state index in [9.17, 15) is 56.2 Å². The summed E-state index contributed by atoms with van der Waals surface area (Å²) >= 11 is 0.